The molecular formula is C14H10ClIN2O3. The minimum atomic E-state index is -2.40. The summed E-state index contributed by atoms with van der Waals surface area (Å²) >= 11 is -2.40. The van der Waals surface area contributed by atoms with Crippen molar-refractivity contribution in [3.05, 3.63) is 73.3 Å². The van der Waals surface area contributed by atoms with Gasteiger partial charge in [-0.05, 0) is 0 Å². The molecule has 0 N–H and O–H groups in total. The predicted molar refractivity (Wildman–Crippen MR) is 88.0 cm³/mol. The van der Waals surface area contributed by atoms with E-state index in [1.165, 1.54) is 18.2 Å². The molecule has 5 nitrogen and oxygen atoms in total. The molecule has 7 heteroatoms. The van der Waals surface area contributed by atoms with Crippen molar-refractivity contribution in [1.82, 2.24) is 3.11 Å². The van der Waals surface area contributed by atoms with Gasteiger partial charge in [-0.3, -0.25) is 0 Å². The monoisotopic (exact) mass is 416 g/mol. The number of carbonyl (C=O) groups excluding carboxylic acids is 1. The fourth-order valence-corrected chi connectivity index (χ4v) is 7.01. The van der Waals surface area contributed by atoms with Crippen LogP contribution < -0.4 is 0 Å². The zero-order chi connectivity index (χ0) is 15.0. The Bertz CT molecular complexity index is 723. The molecule has 1 amide bonds. The molecule has 0 aliphatic carbocycles. The third-order valence-electron chi connectivity index (χ3n) is 3.13. The van der Waals surface area contributed by atoms with Crippen LogP contribution >= 0.6 is 27.9 Å². The number of nitro benzene ring substituents is 1. The number of non-ortho nitro benzene ring substituents is 1. The summed E-state index contributed by atoms with van der Waals surface area (Å²) in [5.41, 5.74) is 1.47. The van der Waals surface area contributed by atoms with Crippen LogP contribution in [0, 0.1) is 13.7 Å². The number of fused-ring (bicyclic) bond motifs is 1. The molecule has 108 valence electrons. The molecule has 0 fully saturated rings. The molecule has 21 heavy (non-hydrogen) atoms. The summed E-state index contributed by atoms with van der Waals surface area (Å²) in [4.78, 5) is 22.8. The van der Waals surface area contributed by atoms with Crippen LogP contribution in [0.3, 0.4) is 0 Å². The van der Waals surface area contributed by atoms with Crippen LogP contribution in [-0.2, 0) is 6.54 Å². The number of hydrogen-bond donors (Lipinski definition) is 0. The van der Waals surface area contributed by atoms with Gasteiger partial charge in [-0.15, -0.1) is 0 Å². The number of benzene rings is 2. The fourth-order valence-electron chi connectivity index (χ4n) is 2.10. The first-order valence-electron chi connectivity index (χ1n) is 6.09. The molecule has 2 aromatic carbocycles. The molecule has 0 saturated heterocycles. The Labute approximate surface area is 132 Å². The Morgan fingerprint density at radius 3 is 2.57 bits per heavy atom. The quantitative estimate of drug-likeness (QED) is 0.329. The van der Waals surface area contributed by atoms with Crippen LogP contribution in [0.4, 0.5) is 5.69 Å². The summed E-state index contributed by atoms with van der Waals surface area (Å²) in [6.45, 7) is 0.441. The van der Waals surface area contributed by atoms with Gasteiger partial charge in [0.1, 0.15) is 0 Å². The predicted octanol–water partition coefficient (Wildman–Crippen LogP) is 4.00. The number of carbonyl (C=O) groups is 1. The van der Waals surface area contributed by atoms with Crippen molar-refractivity contribution in [3.8, 4) is 0 Å². The Balaban J connectivity index is 1.93. The number of halogens is 2. The van der Waals surface area contributed by atoms with E-state index in [0.29, 0.717) is 15.7 Å². The van der Waals surface area contributed by atoms with Crippen molar-refractivity contribution in [1.29, 1.82) is 0 Å². The van der Waals surface area contributed by atoms with E-state index in [9.17, 15) is 14.9 Å². The van der Waals surface area contributed by atoms with Crippen LogP contribution in [0.2, 0.25) is 0 Å². The molecule has 1 aliphatic rings. The third kappa shape index (κ3) is 2.60. The molecular weight excluding hydrogens is 407 g/mol. The van der Waals surface area contributed by atoms with Crippen molar-refractivity contribution in [3.63, 3.8) is 0 Å². The second kappa shape index (κ2) is 5.61. The van der Waals surface area contributed by atoms with E-state index in [4.69, 9.17) is 8.91 Å². The fraction of sp³-hybridized carbons (Fsp3) is 0.0714. The van der Waals surface area contributed by atoms with Crippen LogP contribution in [-0.4, -0.2) is 13.9 Å². The normalized spacial score (nSPS) is 15.2. The molecule has 0 bridgehead atoms. The maximum absolute atomic E-state index is 12.4. The molecule has 0 atom stereocenters. The molecule has 0 aromatic heterocycles. The van der Waals surface area contributed by atoms with E-state index in [2.05, 4.69) is 0 Å². The van der Waals surface area contributed by atoms with Gasteiger partial charge in [0.25, 0.3) is 0 Å². The SMILES string of the molecule is O=C1c2ccc([N+](=O)[O-])cc2I(Cl)N1Cc1ccccc1. The molecule has 1 heterocycles. The van der Waals surface area contributed by atoms with Crippen LogP contribution in [0.15, 0.2) is 48.5 Å². The zero-order valence-corrected chi connectivity index (χ0v) is 13.6. The van der Waals surface area contributed by atoms with Gasteiger partial charge in [0.05, 0.1) is 0 Å². The molecule has 0 spiro atoms. The average molecular weight is 417 g/mol. The summed E-state index contributed by atoms with van der Waals surface area (Å²) in [6, 6.07) is 13.9. The number of nitrogens with zero attached hydrogens (tertiary/aromatic N) is 2. The van der Waals surface area contributed by atoms with Gasteiger partial charge in [0, 0.05) is 0 Å². The van der Waals surface area contributed by atoms with Crippen molar-refractivity contribution in [2.45, 2.75) is 6.54 Å². The van der Waals surface area contributed by atoms with Gasteiger partial charge in [0.15, 0.2) is 0 Å². The first-order chi connectivity index (χ1) is 10.1. The number of hydrogen-bond acceptors (Lipinski definition) is 3. The molecule has 1 aliphatic heterocycles. The first-order valence-corrected chi connectivity index (χ1v) is 10.9. The van der Waals surface area contributed by atoms with Gasteiger partial charge in [-0.1, -0.05) is 0 Å². The van der Waals surface area contributed by atoms with Gasteiger partial charge in [0.2, 0.25) is 0 Å². The Hall–Kier alpha value is -1.67. The second-order valence-corrected chi connectivity index (χ2v) is 9.85. The van der Waals surface area contributed by atoms with E-state index in [1.807, 2.05) is 30.3 Å². The first kappa shape index (κ1) is 14.3. The van der Waals surface area contributed by atoms with Crippen LogP contribution in [0.1, 0.15) is 15.9 Å². The molecule has 0 saturated carbocycles. The standard InChI is InChI=1S/C14H10ClIN2O3/c15-16-13-8-11(18(20)21)6-7-12(13)14(19)17(16)9-10-4-2-1-3-5-10/h1-8H,9H2. The van der Waals surface area contributed by atoms with Crippen molar-refractivity contribution < 1.29 is 9.72 Å². The Morgan fingerprint density at radius 1 is 1.19 bits per heavy atom. The topological polar surface area (TPSA) is 63.4 Å². The van der Waals surface area contributed by atoms with Crippen molar-refractivity contribution >= 4 is 39.5 Å². The summed E-state index contributed by atoms with van der Waals surface area (Å²) in [5, 5.41) is 10.8. The second-order valence-electron chi connectivity index (χ2n) is 4.45. The molecule has 0 unspecified atom stereocenters. The van der Waals surface area contributed by atoms with Gasteiger partial charge >= 0.3 is 132 Å². The Morgan fingerprint density at radius 2 is 1.90 bits per heavy atom. The zero-order valence-electron chi connectivity index (χ0n) is 10.7. The number of nitro groups is 1. The average Bonchev–Trinajstić information content (AvgIpc) is 2.73. The van der Waals surface area contributed by atoms with E-state index < -0.39 is 23.9 Å². The summed E-state index contributed by atoms with van der Waals surface area (Å²) in [5.74, 6) is -0.135. The molecule has 0 radical (unpaired) electrons. The summed E-state index contributed by atoms with van der Waals surface area (Å²) in [7, 11) is 6.47. The van der Waals surface area contributed by atoms with E-state index in [-0.39, 0.29) is 11.6 Å². The van der Waals surface area contributed by atoms with Gasteiger partial charge in [-0.25, -0.2) is 0 Å². The number of amides is 1. The van der Waals surface area contributed by atoms with Gasteiger partial charge in [-0.2, -0.15) is 0 Å². The van der Waals surface area contributed by atoms with Crippen LogP contribution in [0.25, 0.3) is 0 Å². The van der Waals surface area contributed by atoms with Gasteiger partial charge < -0.3 is 0 Å². The summed E-state index contributed by atoms with van der Waals surface area (Å²) < 4.78 is 2.31. The van der Waals surface area contributed by atoms with E-state index in [1.54, 1.807) is 3.11 Å². The van der Waals surface area contributed by atoms with E-state index >= 15 is 0 Å². The van der Waals surface area contributed by atoms with Crippen LogP contribution in [0.5, 0.6) is 0 Å². The molecule has 2 aromatic rings. The van der Waals surface area contributed by atoms with Crippen molar-refractivity contribution in [2.75, 3.05) is 0 Å². The van der Waals surface area contributed by atoms with Crippen molar-refractivity contribution in [2.24, 2.45) is 0 Å². The third-order valence-corrected chi connectivity index (χ3v) is 8.85. The summed E-state index contributed by atoms with van der Waals surface area (Å²) in [6.07, 6.45) is 0. The number of rotatable bonds is 3. The Kier molecular flexibility index (Phi) is 3.81. The minimum absolute atomic E-state index is 0.0222. The maximum atomic E-state index is 12.4. The molecule has 3 rings (SSSR count). The van der Waals surface area contributed by atoms with E-state index in [0.717, 1.165) is 5.56 Å².